The molecular weight excluding hydrogens is 254 g/mol. The predicted octanol–water partition coefficient (Wildman–Crippen LogP) is 1.72. The highest BCUT2D eigenvalue weighted by molar-refractivity contribution is 5.76. The molecule has 5 nitrogen and oxygen atoms in total. The van der Waals surface area contributed by atoms with Gasteiger partial charge in [0.2, 0.25) is 5.91 Å². The van der Waals surface area contributed by atoms with Gasteiger partial charge in [0, 0.05) is 37.8 Å². The summed E-state index contributed by atoms with van der Waals surface area (Å²) in [4.78, 5) is 18.4. The third-order valence-corrected chi connectivity index (χ3v) is 3.41. The van der Waals surface area contributed by atoms with Gasteiger partial charge in [-0.25, -0.2) is 4.98 Å². The van der Waals surface area contributed by atoms with Crippen LogP contribution >= 0.6 is 0 Å². The van der Waals surface area contributed by atoms with Gasteiger partial charge in [-0.2, -0.15) is 0 Å². The van der Waals surface area contributed by atoms with Gasteiger partial charge in [-0.1, -0.05) is 19.4 Å². The second-order valence-electron chi connectivity index (χ2n) is 4.97. The van der Waals surface area contributed by atoms with E-state index in [-0.39, 0.29) is 5.91 Å². The van der Waals surface area contributed by atoms with Gasteiger partial charge >= 0.3 is 0 Å². The van der Waals surface area contributed by atoms with Crippen LogP contribution in [0, 0.1) is 0 Å². The van der Waals surface area contributed by atoms with E-state index in [0.29, 0.717) is 13.0 Å². The lowest BCUT2D eigenvalue weighted by Gasteiger charge is -2.29. The summed E-state index contributed by atoms with van der Waals surface area (Å²) in [6, 6.07) is 3.94. The molecule has 1 amide bonds. The van der Waals surface area contributed by atoms with E-state index in [1.54, 1.807) is 6.20 Å². The molecule has 0 radical (unpaired) electrons. The molecule has 1 aromatic heterocycles. The quantitative estimate of drug-likeness (QED) is 0.860. The number of nitrogens with one attached hydrogen (secondary N) is 1. The van der Waals surface area contributed by atoms with Crippen LogP contribution in [0.5, 0.6) is 0 Å². The number of anilines is 1. The van der Waals surface area contributed by atoms with Crippen molar-refractivity contribution in [3.05, 3.63) is 23.9 Å². The van der Waals surface area contributed by atoms with Gasteiger partial charge < -0.3 is 15.0 Å². The molecule has 1 N–H and O–H groups in total. The monoisotopic (exact) mass is 277 g/mol. The molecule has 1 saturated heterocycles. The van der Waals surface area contributed by atoms with E-state index in [9.17, 15) is 4.79 Å². The summed E-state index contributed by atoms with van der Waals surface area (Å²) in [5.41, 5.74) is 1.07. The van der Waals surface area contributed by atoms with Crippen LogP contribution in [0.1, 0.15) is 31.7 Å². The number of nitrogens with zero attached hydrogens (tertiary/aromatic N) is 2. The Morgan fingerprint density at radius 2 is 2.25 bits per heavy atom. The van der Waals surface area contributed by atoms with Gasteiger partial charge in [-0.3, -0.25) is 4.79 Å². The van der Waals surface area contributed by atoms with Gasteiger partial charge in [0.1, 0.15) is 5.82 Å². The molecule has 110 valence electrons. The van der Waals surface area contributed by atoms with Crippen LogP contribution in [0.2, 0.25) is 0 Å². The molecule has 0 atom stereocenters. The first-order chi connectivity index (χ1) is 9.81. The summed E-state index contributed by atoms with van der Waals surface area (Å²) < 4.78 is 5.36. The fourth-order valence-corrected chi connectivity index (χ4v) is 2.25. The van der Waals surface area contributed by atoms with Crippen molar-refractivity contribution in [3.63, 3.8) is 0 Å². The zero-order valence-electron chi connectivity index (χ0n) is 12.1. The molecule has 0 saturated carbocycles. The Labute approximate surface area is 120 Å². The standard InChI is InChI=1S/C15H23N3O2/c1-2-3-6-14(19)17-12-13-5-4-7-16-15(13)18-8-10-20-11-9-18/h4-5,7H,2-3,6,8-12H2,1H3,(H,17,19). The molecule has 0 aromatic carbocycles. The average Bonchev–Trinajstić information content (AvgIpc) is 2.52. The summed E-state index contributed by atoms with van der Waals surface area (Å²) in [6.45, 7) is 5.81. The number of carbonyl (C=O) groups excluding carboxylic acids is 1. The van der Waals surface area contributed by atoms with Gasteiger partial charge in [0.05, 0.1) is 13.2 Å². The highest BCUT2D eigenvalue weighted by Crippen LogP contribution is 2.18. The first kappa shape index (κ1) is 14.8. The largest absolute Gasteiger partial charge is 0.378 e. The smallest absolute Gasteiger partial charge is 0.220 e. The molecular formula is C15H23N3O2. The number of ether oxygens (including phenoxy) is 1. The van der Waals surface area contributed by atoms with E-state index >= 15 is 0 Å². The number of carbonyl (C=O) groups is 1. The predicted molar refractivity (Wildman–Crippen MR) is 78.6 cm³/mol. The minimum Gasteiger partial charge on any atom is -0.378 e. The second-order valence-corrected chi connectivity index (χ2v) is 4.97. The molecule has 0 aliphatic carbocycles. The van der Waals surface area contributed by atoms with E-state index in [0.717, 1.165) is 50.5 Å². The van der Waals surface area contributed by atoms with Crippen molar-refractivity contribution in [3.8, 4) is 0 Å². The Hall–Kier alpha value is -1.62. The molecule has 2 rings (SSSR count). The highest BCUT2D eigenvalue weighted by atomic mass is 16.5. The molecule has 0 spiro atoms. The van der Waals surface area contributed by atoms with Crippen LogP contribution < -0.4 is 10.2 Å². The number of aromatic nitrogens is 1. The molecule has 0 bridgehead atoms. The lowest BCUT2D eigenvalue weighted by atomic mass is 10.2. The van der Waals surface area contributed by atoms with Crippen molar-refractivity contribution in [2.75, 3.05) is 31.2 Å². The number of unbranched alkanes of at least 4 members (excludes halogenated alkanes) is 1. The minimum absolute atomic E-state index is 0.114. The van der Waals surface area contributed by atoms with E-state index in [1.165, 1.54) is 0 Å². The Kier molecular flexibility index (Phi) is 5.80. The molecule has 20 heavy (non-hydrogen) atoms. The van der Waals surface area contributed by atoms with E-state index in [4.69, 9.17) is 4.74 Å². The number of rotatable bonds is 6. The van der Waals surface area contributed by atoms with Crippen molar-refractivity contribution in [2.24, 2.45) is 0 Å². The third kappa shape index (κ3) is 4.20. The van der Waals surface area contributed by atoms with Crippen molar-refractivity contribution >= 4 is 11.7 Å². The average molecular weight is 277 g/mol. The fraction of sp³-hybridized carbons (Fsp3) is 0.600. The summed E-state index contributed by atoms with van der Waals surface area (Å²) >= 11 is 0. The molecule has 1 aliphatic rings. The van der Waals surface area contributed by atoms with Crippen LogP contribution in [0.15, 0.2) is 18.3 Å². The molecule has 1 fully saturated rings. The first-order valence-corrected chi connectivity index (χ1v) is 7.34. The summed E-state index contributed by atoms with van der Waals surface area (Å²) in [5, 5.41) is 2.98. The zero-order chi connectivity index (χ0) is 14.2. The Morgan fingerprint density at radius 1 is 1.45 bits per heavy atom. The van der Waals surface area contributed by atoms with Crippen LogP contribution in [0.4, 0.5) is 5.82 Å². The van der Waals surface area contributed by atoms with E-state index < -0.39 is 0 Å². The number of hydrogen-bond acceptors (Lipinski definition) is 4. The lowest BCUT2D eigenvalue weighted by Crippen LogP contribution is -2.37. The second kappa shape index (κ2) is 7.85. The molecule has 2 heterocycles. The van der Waals surface area contributed by atoms with Crippen molar-refractivity contribution < 1.29 is 9.53 Å². The topological polar surface area (TPSA) is 54.5 Å². The van der Waals surface area contributed by atoms with Gasteiger partial charge in [-0.15, -0.1) is 0 Å². The minimum atomic E-state index is 0.114. The normalized spacial score (nSPS) is 15.2. The molecule has 0 unspecified atom stereocenters. The molecule has 1 aromatic rings. The maximum absolute atomic E-state index is 11.7. The number of hydrogen-bond donors (Lipinski definition) is 1. The molecule has 5 heteroatoms. The maximum atomic E-state index is 11.7. The third-order valence-electron chi connectivity index (χ3n) is 3.41. The number of pyridine rings is 1. The van der Waals surface area contributed by atoms with Crippen molar-refractivity contribution in [1.82, 2.24) is 10.3 Å². The zero-order valence-corrected chi connectivity index (χ0v) is 12.1. The highest BCUT2D eigenvalue weighted by Gasteiger charge is 2.15. The maximum Gasteiger partial charge on any atom is 0.220 e. The Bertz CT molecular complexity index is 431. The van der Waals surface area contributed by atoms with Crippen LogP contribution in [0.25, 0.3) is 0 Å². The summed E-state index contributed by atoms with van der Waals surface area (Å²) in [7, 11) is 0. The van der Waals surface area contributed by atoms with Crippen LogP contribution in [-0.4, -0.2) is 37.2 Å². The fourth-order valence-electron chi connectivity index (χ4n) is 2.25. The Balaban J connectivity index is 1.95. The van der Waals surface area contributed by atoms with Crippen molar-refractivity contribution in [2.45, 2.75) is 32.7 Å². The van der Waals surface area contributed by atoms with Crippen molar-refractivity contribution in [1.29, 1.82) is 0 Å². The van der Waals surface area contributed by atoms with Gasteiger partial charge in [0.15, 0.2) is 0 Å². The van der Waals surface area contributed by atoms with Gasteiger partial charge in [0.25, 0.3) is 0 Å². The number of amides is 1. The summed E-state index contributed by atoms with van der Waals surface area (Å²) in [5.74, 6) is 1.08. The van der Waals surface area contributed by atoms with E-state index in [1.807, 2.05) is 12.1 Å². The Morgan fingerprint density at radius 3 is 3.00 bits per heavy atom. The van der Waals surface area contributed by atoms with E-state index in [2.05, 4.69) is 22.1 Å². The van der Waals surface area contributed by atoms with Crippen LogP contribution in [-0.2, 0) is 16.1 Å². The van der Waals surface area contributed by atoms with Gasteiger partial charge in [-0.05, 0) is 12.5 Å². The molecule has 1 aliphatic heterocycles. The summed E-state index contributed by atoms with van der Waals surface area (Å²) in [6.07, 6.45) is 4.38. The first-order valence-electron chi connectivity index (χ1n) is 7.34. The van der Waals surface area contributed by atoms with Crippen LogP contribution in [0.3, 0.4) is 0 Å². The SMILES string of the molecule is CCCCC(=O)NCc1cccnc1N1CCOCC1. The number of morpholine rings is 1. The lowest BCUT2D eigenvalue weighted by molar-refractivity contribution is -0.121.